The van der Waals surface area contributed by atoms with Crippen molar-refractivity contribution in [2.45, 2.75) is 45.7 Å². The third kappa shape index (κ3) is 5.43. The smallest absolute Gasteiger partial charge is 0.238 e. The number of carbonyl (C=O) groups excluding carboxylic acids is 1. The highest BCUT2D eigenvalue weighted by Crippen LogP contribution is 2.08. The van der Waals surface area contributed by atoms with Crippen molar-refractivity contribution in [2.24, 2.45) is 0 Å². The fraction of sp³-hybridized carbons (Fsp3) is 0.562. The number of rotatable bonds is 6. The van der Waals surface area contributed by atoms with Gasteiger partial charge < -0.3 is 10.2 Å². The molecule has 2 atom stereocenters. The number of hydrogen-bond acceptors (Lipinski definition) is 2. The van der Waals surface area contributed by atoms with Gasteiger partial charge in [0.05, 0.1) is 6.04 Å². The molecule has 106 valence electrons. The molecule has 0 aromatic heterocycles. The lowest BCUT2D eigenvalue weighted by Crippen LogP contribution is -2.45. The summed E-state index contributed by atoms with van der Waals surface area (Å²) >= 11 is 0. The highest BCUT2D eigenvalue weighted by molar-refractivity contribution is 5.80. The molecule has 0 spiro atoms. The summed E-state index contributed by atoms with van der Waals surface area (Å²) in [6.07, 6.45) is 2.08. The van der Waals surface area contributed by atoms with Gasteiger partial charge in [-0.05, 0) is 39.2 Å². The van der Waals surface area contributed by atoms with Gasteiger partial charge in [-0.3, -0.25) is 4.79 Å². The van der Waals surface area contributed by atoms with Crippen LogP contribution in [0.3, 0.4) is 0 Å². The second-order valence-electron chi connectivity index (χ2n) is 5.55. The molecule has 3 heteroatoms. The Hall–Kier alpha value is -1.35. The van der Waals surface area contributed by atoms with Crippen molar-refractivity contribution in [3.8, 4) is 0 Å². The molecule has 1 aromatic carbocycles. The van der Waals surface area contributed by atoms with Crippen LogP contribution in [0.2, 0.25) is 0 Å². The largest absolute Gasteiger partial charge is 0.347 e. The van der Waals surface area contributed by atoms with E-state index in [1.807, 2.05) is 6.92 Å². The third-order valence-corrected chi connectivity index (χ3v) is 3.29. The van der Waals surface area contributed by atoms with Crippen LogP contribution in [0.1, 0.15) is 31.4 Å². The molecular weight excluding hydrogens is 236 g/mol. The molecule has 3 nitrogen and oxygen atoms in total. The number of aryl methyl sites for hydroxylation is 2. The quantitative estimate of drug-likeness (QED) is 0.853. The number of likely N-dealkylation sites (N-methyl/N-ethyl adjacent to an activating group) is 1. The van der Waals surface area contributed by atoms with E-state index >= 15 is 0 Å². The van der Waals surface area contributed by atoms with E-state index < -0.39 is 0 Å². The van der Waals surface area contributed by atoms with Crippen molar-refractivity contribution in [1.82, 2.24) is 10.2 Å². The van der Waals surface area contributed by atoms with E-state index in [1.54, 1.807) is 19.0 Å². The van der Waals surface area contributed by atoms with Crippen molar-refractivity contribution in [1.29, 1.82) is 0 Å². The fourth-order valence-electron chi connectivity index (χ4n) is 2.22. The topological polar surface area (TPSA) is 32.3 Å². The van der Waals surface area contributed by atoms with Gasteiger partial charge >= 0.3 is 0 Å². The number of benzene rings is 1. The fourth-order valence-corrected chi connectivity index (χ4v) is 2.22. The van der Waals surface area contributed by atoms with Crippen LogP contribution in [0.5, 0.6) is 0 Å². The van der Waals surface area contributed by atoms with Crippen LogP contribution < -0.4 is 5.32 Å². The van der Waals surface area contributed by atoms with Gasteiger partial charge in [-0.2, -0.15) is 0 Å². The predicted molar refractivity (Wildman–Crippen MR) is 80.3 cm³/mol. The monoisotopic (exact) mass is 262 g/mol. The molecule has 0 saturated carbocycles. The van der Waals surface area contributed by atoms with E-state index in [2.05, 4.69) is 43.4 Å². The summed E-state index contributed by atoms with van der Waals surface area (Å²) < 4.78 is 0. The van der Waals surface area contributed by atoms with Crippen molar-refractivity contribution in [3.63, 3.8) is 0 Å². The van der Waals surface area contributed by atoms with Crippen molar-refractivity contribution in [3.05, 3.63) is 35.4 Å². The van der Waals surface area contributed by atoms with E-state index in [0.29, 0.717) is 6.04 Å². The molecule has 1 rings (SSSR count). The number of nitrogens with one attached hydrogen (secondary N) is 1. The van der Waals surface area contributed by atoms with E-state index in [0.717, 1.165) is 12.8 Å². The van der Waals surface area contributed by atoms with E-state index in [9.17, 15) is 4.79 Å². The summed E-state index contributed by atoms with van der Waals surface area (Å²) in [7, 11) is 3.58. The van der Waals surface area contributed by atoms with E-state index in [-0.39, 0.29) is 11.9 Å². The Balaban J connectivity index is 2.39. The van der Waals surface area contributed by atoms with Gasteiger partial charge in [-0.1, -0.05) is 29.8 Å². The zero-order valence-corrected chi connectivity index (χ0v) is 12.7. The molecule has 0 bridgehead atoms. The van der Waals surface area contributed by atoms with E-state index in [1.165, 1.54) is 11.1 Å². The zero-order chi connectivity index (χ0) is 14.4. The lowest BCUT2D eigenvalue weighted by Gasteiger charge is -2.22. The van der Waals surface area contributed by atoms with Crippen LogP contribution in [-0.2, 0) is 11.2 Å². The molecule has 1 aromatic rings. The first-order chi connectivity index (χ1) is 8.90. The van der Waals surface area contributed by atoms with Crippen LogP contribution >= 0.6 is 0 Å². The first kappa shape index (κ1) is 15.7. The minimum absolute atomic E-state index is 0.123. The van der Waals surface area contributed by atoms with Gasteiger partial charge in [0, 0.05) is 20.1 Å². The Bertz CT molecular complexity index is 415. The lowest BCUT2D eigenvalue weighted by molar-refractivity contribution is -0.130. The highest BCUT2D eigenvalue weighted by atomic mass is 16.2. The Morgan fingerprint density at radius 3 is 2.58 bits per heavy atom. The maximum atomic E-state index is 11.8. The SMILES string of the molecule is Cc1cccc(CCC(C)NC(C)C(=O)N(C)C)c1. The number of hydrogen-bond donors (Lipinski definition) is 1. The molecule has 0 saturated heterocycles. The molecule has 0 aliphatic carbocycles. The zero-order valence-electron chi connectivity index (χ0n) is 12.7. The van der Waals surface area contributed by atoms with Crippen molar-refractivity contribution < 1.29 is 4.79 Å². The summed E-state index contributed by atoms with van der Waals surface area (Å²) in [6.45, 7) is 6.17. The summed E-state index contributed by atoms with van der Waals surface area (Å²) in [6, 6.07) is 8.81. The standard InChI is InChI=1S/C16H26N2O/c1-12-7-6-8-15(11-12)10-9-13(2)17-14(3)16(19)18(4)5/h6-8,11,13-14,17H,9-10H2,1-5H3. The number of amides is 1. The minimum Gasteiger partial charge on any atom is -0.347 e. The Labute approximate surface area is 117 Å². The first-order valence-corrected chi connectivity index (χ1v) is 6.93. The molecule has 0 aliphatic rings. The van der Waals surface area contributed by atoms with Gasteiger partial charge in [0.15, 0.2) is 0 Å². The van der Waals surface area contributed by atoms with Crippen LogP contribution in [0.4, 0.5) is 0 Å². The predicted octanol–water partition coefficient (Wildman–Crippen LogP) is 2.38. The molecule has 0 radical (unpaired) electrons. The maximum Gasteiger partial charge on any atom is 0.238 e. The lowest BCUT2D eigenvalue weighted by atomic mass is 10.0. The molecule has 19 heavy (non-hydrogen) atoms. The third-order valence-electron chi connectivity index (χ3n) is 3.29. The molecule has 1 amide bonds. The molecule has 0 fully saturated rings. The normalized spacial score (nSPS) is 13.9. The summed E-state index contributed by atoms with van der Waals surface area (Å²) in [4.78, 5) is 13.4. The van der Waals surface area contributed by atoms with E-state index in [4.69, 9.17) is 0 Å². The summed E-state index contributed by atoms with van der Waals surface area (Å²) in [5.41, 5.74) is 2.66. The van der Waals surface area contributed by atoms with Gasteiger partial charge in [0.1, 0.15) is 0 Å². The average Bonchev–Trinajstić information content (AvgIpc) is 2.35. The molecule has 0 aliphatic heterocycles. The summed E-state index contributed by atoms with van der Waals surface area (Å²) in [5.74, 6) is 0.127. The van der Waals surface area contributed by atoms with Crippen LogP contribution in [0.15, 0.2) is 24.3 Å². The minimum atomic E-state index is -0.123. The number of nitrogens with zero attached hydrogens (tertiary/aromatic N) is 1. The molecular formula is C16H26N2O. The van der Waals surface area contributed by atoms with Crippen molar-refractivity contribution in [2.75, 3.05) is 14.1 Å². The second-order valence-corrected chi connectivity index (χ2v) is 5.55. The van der Waals surface area contributed by atoms with Gasteiger partial charge in [-0.15, -0.1) is 0 Å². The van der Waals surface area contributed by atoms with Crippen LogP contribution in [0.25, 0.3) is 0 Å². The summed E-state index contributed by atoms with van der Waals surface area (Å²) in [5, 5.41) is 3.35. The Morgan fingerprint density at radius 2 is 2.00 bits per heavy atom. The molecule has 0 heterocycles. The molecule has 1 N–H and O–H groups in total. The molecule has 2 unspecified atom stereocenters. The van der Waals surface area contributed by atoms with Gasteiger partial charge in [-0.25, -0.2) is 0 Å². The Morgan fingerprint density at radius 1 is 1.32 bits per heavy atom. The van der Waals surface area contributed by atoms with Crippen LogP contribution in [0, 0.1) is 6.92 Å². The Kier molecular flexibility index (Phi) is 6.03. The van der Waals surface area contributed by atoms with Crippen molar-refractivity contribution >= 4 is 5.91 Å². The highest BCUT2D eigenvalue weighted by Gasteiger charge is 2.16. The maximum absolute atomic E-state index is 11.8. The second kappa shape index (κ2) is 7.29. The first-order valence-electron chi connectivity index (χ1n) is 6.93. The van der Waals surface area contributed by atoms with Gasteiger partial charge in [0.2, 0.25) is 5.91 Å². The number of carbonyl (C=O) groups is 1. The van der Waals surface area contributed by atoms with Crippen LogP contribution in [-0.4, -0.2) is 37.0 Å². The average molecular weight is 262 g/mol. The van der Waals surface area contributed by atoms with Gasteiger partial charge in [0.25, 0.3) is 0 Å².